The van der Waals surface area contributed by atoms with Gasteiger partial charge >= 0.3 is 0 Å². The van der Waals surface area contributed by atoms with Crippen molar-refractivity contribution in [2.45, 2.75) is 6.92 Å². The van der Waals surface area contributed by atoms with Crippen LogP contribution in [-0.4, -0.2) is 29.7 Å². The van der Waals surface area contributed by atoms with Crippen LogP contribution in [0.25, 0.3) is 0 Å². The van der Waals surface area contributed by atoms with Crippen LogP contribution >= 0.6 is 22.9 Å². The van der Waals surface area contributed by atoms with Crippen molar-refractivity contribution in [1.29, 1.82) is 0 Å². The van der Waals surface area contributed by atoms with E-state index in [-0.39, 0.29) is 0 Å². The first-order valence-electron chi connectivity index (χ1n) is 3.31. The van der Waals surface area contributed by atoms with E-state index in [2.05, 4.69) is 10.2 Å². The van der Waals surface area contributed by atoms with Crippen molar-refractivity contribution >= 4 is 28.1 Å². The molecule has 1 aromatic heterocycles. The number of anilines is 1. The van der Waals surface area contributed by atoms with Gasteiger partial charge in [0.1, 0.15) is 5.01 Å². The topological polar surface area (TPSA) is 29.0 Å². The van der Waals surface area contributed by atoms with Crippen LogP contribution in [-0.2, 0) is 0 Å². The lowest BCUT2D eigenvalue weighted by Gasteiger charge is -2.11. The second kappa shape index (κ2) is 3.88. The third-order valence-electron chi connectivity index (χ3n) is 1.26. The second-order valence-electron chi connectivity index (χ2n) is 2.21. The zero-order valence-corrected chi connectivity index (χ0v) is 8.11. The van der Waals surface area contributed by atoms with Crippen molar-refractivity contribution in [2.75, 3.05) is 24.4 Å². The van der Waals surface area contributed by atoms with Gasteiger partial charge in [0, 0.05) is 19.5 Å². The number of aryl methyl sites for hydroxylation is 1. The predicted molar refractivity (Wildman–Crippen MR) is 48.6 cm³/mol. The standard InChI is InChI=1S/C6H10ClN3S/c1-5-8-9-6(11-5)10(2)4-3-7/h3-4H2,1-2H3. The molecule has 0 spiro atoms. The summed E-state index contributed by atoms with van der Waals surface area (Å²) in [6, 6.07) is 0. The maximum atomic E-state index is 5.57. The Balaban J connectivity index is 2.60. The van der Waals surface area contributed by atoms with Crippen LogP contribution in [0.2, 0.25) is 0 Å². The molecule has 0 radical (unpaired) electrons. The smallest absolute Gasteiger partial charge is 0.208 e. The first-order valence-corrected chi connectivity index (χ1v) is 4.66. The van der Waals surface area contributed by atoms with Crippen molar-refractivity contribution in [1.82, 2.24) is 10.2 Å². The summed E-state index contributed by atoms with van der Waals surface area (Å²) in [6.45, 7) is 2.76. The maximum absolute atomic E-state index is 5.57. The van der Waals surface area contributed by atoms with Gasteiger partial charge in [0.25, 0.3) is 0 Å². The predicted octanol–water partition coefficient (Wildman–Crippen LogP) is 1.52. The molecule has 0 atom stereocenters. The van der Waals surface area contributed by atoms with Crippen LogP contribution in [0.15, 0.2) is 0 Å². The summed E-state index contributed by atoms with van der Waals surface area (Å²) in [5.74, 6) is 0.620. The Morgan fingerprint density at radius 2 is 2.27 bits per heavy atom. The number of halogens is 1. The van der Waals surface area contributed by atoms with Gasteiger partial charge in [0.2, 0.25) is 5.13 Å². The summed E-state index contributed by atoms with van der Waals surface area (Å²) >= 11 is 7.15. The highest BCUT2D eigenvalue weighted by molar-refractivity contribution is 7.15. The normalized spacial score (nSPS) is 10.1. The summed E-state index contributed by atoms with van der Waals surface area (Å²) in [7, 11) is 1.96. The van der Waals surface area contributed by atoms with Gasteiger partial charge in [-0.25, -0.2) is 0 Å². The lowest BCUT2D eigenvalue weighted by molar-refractivity contribution is 0.927. The van der Waals surface area contributed by atoms with Gasteiger partial charge in [-0.1, -0.05) is 11.3 Å². The molecular weight excluding hydrogens is 182 g/mol. The van der Waals surface area contributed by atoms with Gasteiger partial charge in [-0.2, -0.15) is 0 Å². The summed E-state index contributed by atoms with van der Waals surface area (Å²) in [6.07, 6.45) is 0. The van der Waals surface area contributed by atoms with Gasteiger partial charge in [0.15, 0.2) is 0 Å². The fourth-order valence-electron chi connectivity index (χ4n) is 0.663. The van der Waals surface area contributed by atoms with Crippen LogP contribution in [0.1, 0.15) is 5.01 Å². The minimum Gasteiger partial charge on any atom is -0.349 e. The highest BCUT2D eigenvalue weighted by Crippen LogP contribution is 2.17. The molecule has 62 valence electrons. The van der Waals surface area contributed by atoms with E-state index < -0.39 is 0 Å². The van der Waals surface area contributed by atoms with E-state index in [4.69, 9.17) is 11.6 Å². The van der Waals surface area contributed by atoms with E-state index in [1.165, 1.54) is 0 Å². The van der Waals surface area contributed by atoms with E-state index in [0.29, 0.717) is 5.88 Å². The maximum Gasteiger partial charge on any atom is 0.208 e. The molecule has 0 bridgehead atoms. The molecule has 0 saturated carbocycles. The molecule has 0 amide bonds. The first kappa shape index (κ1) is 8.74. The molecule has 0 aliphatic heterocycles. The summed E-state index contributed by atoms with van der Waals surface area (Å²) < 4.78 is 0. The highest BCUT2D eigenvalue weighted by Gasteiger charge is 2.04. The molecule has 0 saturated heterocycles. The lowest BCUT2D eigenvalue weighted by Crippen LogP contribution is -2.19. The molecule has 0 aliphatic carbocycles. The number of aromatic nitrogens is 2. The SMILES string of the molecule is Cc1nnc(N(C)CCCl)s1. The number of rotatable bonds is 3. The van der Waals surface area contributed by atoms with Crippen molar-refractivity contribution in [2.24, 2.45) is 0 Å². The molecule has 0 aliphatic rings. The van der Waals surface area contributed by atoms with Gasteiger partial charge in [0.05, 0.1) is 0 Å². The Bertz CT molecular complexity index is 225. The third kappa shape index (κ3) is 2.31. The molecule has 1 rings (SSSR count). The summed E-state index contributed by atoms with van der Waals surface area (Å²) in [5, 5.41) is 9.79. The van der Waals surface area contributed by atoms with E-state index in [1.807, 2.05) is 18.9 Å². The average molecular weight is 192 g/mol. The van der Waals surface area contributed by atoms with Crippen LogP contribution in [0.3, 0.4) is 0 Å². The van der Waals surface area contributed by atoms with Crippen molar-refractivity contribution in [3.63, 3.8) is 0 Å². The quantitative estimate of drug-likeness (QED) is 0.679. The summed E-state index contributed by atoms with van der Waals surface area (Å²) in [4.78, 5) is 2.00. The largest absolute Gasteiger partial charge is 0.349 e. The molecule has 3 nitrogen and oxygen atoms in total. The number of nitrogens with zero attached hydrogens (tertiary/aromatic N) is 3. The van der Waals surface area contributed by atoms with E-state index >= 15 is 0 Å². The van der Waals surface area contributed by atoms with Gasteiger partial charge in [-0.3, -0.25) is 0 Å². The van der Waals surface area contributed by atoms with Crippen molar-refractivity contribution in [3.8, 4) is 0 Å². The minimum absolute atomic E-state index is 0.620. The zero-order valence-electron chi connectivity index (χ0n) is 6.54. The van der Waals surface area contributed by atoms with Crippen LogP contribution in [0.5, 0.6) is 0 Å². The van der Waals surface area contributed by atoms with Crippen LogP contribution < -0.4 is 4.90 Å². The number of hydrogen-bond donors (Lipinski definition) is 0. The Morgan fingerprint density at radius 3 is 2.73 bits per heavy atom. The molecule has 0 unspecified atom stereocenters. The van der Waals surface area contributed by atoms with Crippen molar-refractivity contribution in [3.05, 3.63) is 5.01 Å². The molecule has 5 heteroatoms. The molecule has 0 fully saturated rings. The number of alkyl halides is 1. The van der Waals surface area contributed by atoms with E-state index in [0.717, 1.165) is 16.7 Å². The Labute approximate surface area is 75.0 Å². The molecule has 1 aromatic rings. The molecule has 0 N–H and O–H groups in total. The molecule has 11 heavy (non-hydrogen) atoms. The Kier molecular flexibility index (Phi) is 3.08. The lowest BCUT2D eigenvalue weighted by atomic mass is 10.7. The fourth-order valence-corrected chi connectivity index (χ4v) is 1.59. The van der Waals surface area contributed by atoms with Crippen LogP contribution in [0, 0.1) is 6.92 Å². The zero-order chi connectivity index (χ0) is 8.27. The second-order valence-corrected chi connectivity index (χ2v) is 3.75. The fraction of sp³-hybridized carbons (Fsp3) is 0.667. The van der Waals surface area contributed by atoms with Crippen LogP contribution in [0.4, 0.5) is 5.13 Å². The van der Waals surface area contributed by atoms with Crippen molar-refractivity contribution < 1.29 is 0 Å². The first-order chi connectivity index (χ1) is 5.24. The van der Waals surface area contributed by atoms with E-state index in [1.54, 1.807) is 11.3 Å². The highest BCUT2D eigenvalue weighted by atomic mass is 35.5. The number of hydrogen-bond acceptors (Lipinski definition) is 4. The third-order valence-corrected chi connectivity index (χ3v) is 2.38. The molecule has 1 heterocycles. The van der Waals surface area contributed by atoms with E-state index in [9.17, 15) is 0 Å². The minimum atomic E-state index is 0.620. The monoisotopic (exact) mass is 191 g/mol. The molecular formula is C6H10ClN3S. The van der Waals surface area contributed by atoms with Gasteiger partial charge < -0.3 is 4.90 Å². The molecule has 0 aromatic carbocycles. The average Bonchev–Trinajstić information content (AvgIpc) is 2.36. The van der Waals surface area contributed by atoms with Gasteiger partial charge in [-0.05, 0) is 6.92 Å². The Hall–Kier alpha value is -0.350. The summed E-state index contributed by atoms with van der Waals surface area (Å²) in [5.41, 5.74) is 0. The Morgan fingerprint density at radius 1 is 1.55 bits per heavy atom. The van der Waals surface area contributed by atoms with Gasteiger partial charge in [-0.15, -0.1) is 21.8 Å².